The van der Waals surface area contributed by atoms with Crippen molar-refractivity contribution in [1.29, 1.82) is 0 Å². The minimum atomic E-state index is -0.220. The predicted molar refractivity (Wildman–Crippen MR) is 311 cm³/mol. The van der Waals surface area contributed by atoms with Crippen LogP contribution in [0.25, 0.3) is 55.3 Å². The average molecular weight is 957 g/mol. The van der Waals surface area contributed by atoms with Gasteiger partial charge in [-0.25, -0.2) is 0 Å². The maximum atomic E-state index is 7.24. The molecule has 0 bridgehead atoms. The zero-order valence-corrected chi connectivity index (χ0v) is 46.1. The fourth-order valence-corrected chi connectivity index (χ4v) is 15.7. The Kier molecular flexibility index (Phi) is 8.89. The van der Waals surface area contributed by atoms with Crippen LogP contribution in [0.4, 0.5) is 22.7 Å². The van der Waals surface area contributed by atoms with Gasteiger partial charge in [0.1, 0.15) is 11.2 Å². The topological polar surface area (TPSA) is 19.6 Å². The minimum Gasteiger partial charge on any atom is -0.456 e. The molecule has 2 atom stereocenters. The summed E-state index contributed by atoms with van der Waals surface area (Å²) in [4.78, 5) is 5.80. The molecule has 3 nitrogen and oxygen atoms in total. The molecule has 0 amide bonds. The van der Waals surface area contributed by atoms with E-state index in [1.807, 2.05) is 0 Å². The van der Waals surface area contributed by atoms with Crippen LogP contribution in [0.15, 0.2) is 120 Å². The van der Waals surface area contributed by atoms with Gasteiger partial charge in [-0.2, -0.15) is 0 Å². The van der Waals surface area contributed by atoms with E-state index in [1.54, 1.807) is 5.56 Å². The molecule has 3 aliphatic carbocycles. The fraction of sp³-hybridized carbons (Fsp3) is 0.391. The maximum Gasteiger partial charge on any atom is 0.328 e. The number of hydrogen-bond donors (Lipinski definition) is 0. The Morgan fingerprint density at radius 3 is 1.90 bits per heavy atom. The second-order valence-electron chi connectivity index (χ2n) is 27.9. The molecule has 0 radical (unpaired) electrons. The number of anilines is 4. The van der Waals surface area contributed by atoms with Crippen LogP contribution in [0, 0.1) is 0 Å². The molecule has 1 saturated carbocycles. The van der Waals surface area contributed by atoms with Crippen LogP contribution in [-0.4, -0.2) is 12.4 Å². The quantitative estimate of drug-likeness (QED) is 0.161. The van der Waals surface area contributed by atoms with Gasteiger partial charge in [-0.3, -0.25) is 0 Å². The van der Waals surface area contributed by atoms with Crippen LogP contribution in [0.5, 0.6) is 0 Å². The van der Waals surface area contributed by atoms with Crippen LogP contribution >= 0.6 is 0 Å². The van der Waals surface area contributed by atoms with E-state index in [4.69, 9.17) is 4.42 Å². The Morgan fingerprint density at radius 2 is 1.18 bits per heavy atom. The molecular formula is C69H73BN2O. The first-order chi connectivity index (χ1) is 34.5. The van der Waals surface area contributed by atoms with E-state index in [9.17, 15) is 0 Å². The van der Waals surface area contributed by atoms with E-state index in [2.05, 4.69) is 222 Å². The summed E-state index contributed by atoms with van der Waals surface area (Å²) in [5.74, 6) is 0. The van der Waals surface area contributed by atoms with Gasteiger partial charge in [-0.1, -0.05) is 182 Å². The highest BCUT2D eigenvalue weighted by Crippen LogP contribution is 2.66. The lowest BCUT2D eigenvalue weighted by Crippen LogP contribution is -2.70. The number of hydrogen-bond acceptors (Lipinski definition) is 3. The van der Waals surface area contributed by atoms with Crippen LogP contribution in [0.2, 0.25) is 0 Å². The van der Waals surface area contributed by atoms with Crippen molar-refractivity contribution in [2.24, 2.45) is 0 Å². The van der Waals surface area contributed by atoms with E-state index in [-0.39, 0.29) is 44.9 Å². The van der Waals surface area contributed by atoms with Gasteiger partial charge in [0.25, 0.3) is 0 Å². The normalized spacial score (nSPS) is 22.4. The number of para-hydroxylation sites is 1. The van der Waals surface area contributed by atoms with Crippen molar-refractivity contribution in [2.45, 2.75) is 173 Å². The van der Waals surface area contributed by atoms with Crippen LogP contribution in [0.3, 0.4) is 0 Å². The molecule has 0 spiro atoms. The zero-order valence-electron chi connectivity index (χ0n) is 46.1. The third kappa shape index (κ3) is 5.80. The highest BCUT2D eigenvalue weighted by Gasteiger charge is 2.64. The van der Waals surface area contributed by atoms with Gasteiger partial charge < -0.3 is 14.1 Å². The number of fused-ring (bicyclic) bond motifs is 16. The average Bonchev–Trinajstić information content (AvgIpc) is 3.95. The summed E-state index contributed by atoms with van der Waals surface area (Å²) in [5, 5.41) is 2.44. The molecule has 8 aromatic rings. The van der Waals surface area contributed by atoms with Gasteiger partial charge in [0.15, 0.2) is 0 Å². The van der Waals surface area contributed by atoms with Gasteiger partial charge in [0.05, 0.1) is 11.4 Å². The third-order valence-corrected chi connectivity index (χ3v) is 20.4. The molecule has 1 aromatic heterocycles. The first-order valence-corrected chi connectivity index (χ1v) is 27.8. The molecule has 6 aliphatic rings. The third-order valence-electron chi connectivity index (χ3n) is 20.4. The molecule has 0 saturated heterocycles. The Hall–Kier alpha value is -6.00. The highest BCUT2D eigenvalue weighted by molar-refractivity contribution is 6.93. The SMILES string of the molecule is CC(C)(C)c1ccc(N2c3cc4oc5ccccc5c4c4c3B(c3ccc5c(c32)-c2cc3c(cc2C5(C)C)C(C)(C)CCC3(C)C)N2c3c-4cc(C(C)(C)C)cc3C3(C)CCCCC23C)c(-c2ccccc2)c1. The second-order valence-corrected chi connectivity index (χ2v) is 27.9. The lowest BCUT2D eigenvalue weighted by molar-refractivity contribution is 0.199. The molecule has 0 N–H and O–H groups in total. The Bertz CT molecular complexity index is 3740. The van der Waals surface area contributed by atoms with Gasteiger partial charge in [-0.05, 0) is 151 Å². The maximum absolute atomic E-state index is 7.24. The van der Waals surface area contributed by atoms with Gasteiger partial charge in [0, 0.05) is 61.3 Å². The summed E-state index contributed by atoms with van der Waals surface area (Å²) >= 11 is 0. The predicted octanol–water partition coefficient (Wildman–Crippen LogP) is 17.5. The molecule has 4 heteroatoms. The van der Waals surface area contributed by atoms with E-state index in [0.717, 1.165) is 17.6 Å². The van der Waals surface area contributed by atoms with E-state index < -0.39 is 0 Å². The van der Waals surface area contributed by atoms with Crippen molar-refractivity contribution in [3.05, 3.63) is 154 Å². The van der Waals surface area contributed by atoms with Crippen LogP contribution in [-0.2, 0) is 32.5 Å². The van der Waals surface area contributed by atoms with Gasteiger partial charge in [-0.15, -0.1) is 0 Å². The minimum absolute atomic E-state index is 0.0366. The van der Waals surface area contributed by atoms with Crippen molar-refractivity contribution in [2.75, 3.05) is 9.71 Å². The van der Waals surface area contributed by atoms with Gasteiger partial charge in [0.2, 0.25) is 0 Å². The first kappa shape index (κ1) is 45.6. The Balaban J connectivity index is 1.20. The van der Waals surface area contributed by atoms with Crippen molar-refractivity contribution < 1.29 is 4.42 Å². The molecule has 4 heterocycles. The lowest BCUT2D eigenvalue weighted by Gasteiger charge is -2.55. The fourth-order valence-electron chi connectivity index (χ4n) is 15.7. The number of rotatable bonds is 2. The summed E-state index contributed by atoms with van der Waals surface area (Å²) in [6.07, 6.45) is 7.20. The van der Waals surface area contributed by atoms with Crippen LogP contribution in [0.1, 0.15) is 174 Å². The summed E-state index contributed by atoms with van der Waals surface area (Å²) in [5.41, 5.74) is 27.9. The smallest absolute Gasteiger partial charge is 0.328 e. The monoisotopic (exact) mass is 957 g/mol. The molecule has 1 fully saturated rings. The summed E-state index contributed by atoms with van der Waals surface area (Å²) < 4.78 is 7.24. The summed E-state index contributed by atoms with van der Waals surface area (Å²) in [7, 11) is 0. The molecule has 3 aliphatic heterocycles. The second kappa shape index (κ2) is 14.2. The molecule has 2 unspecified atom stereocenters. The zero-order chi connectivity index (χ0) is 50.9. The number of benzene rings is 7. The van der Waals surface area contributed by atoms with Crippen molar-refractivity contribution in [3.8, 4) is 33.4 Å². The van der Waals surface area contributed by atoms with E-state index in [0.29, 0.717) is 0 Å². The molecule has 73 heavy (non-hydrogen) atoms. The molecule has 368 valence electrons. The van der Waals surface area contributed by atoms with E-state index in [1.165, 1.54) is 143 Å². The van der Waals surface area contributed by atoms with Crippen LogP contribution < -0.4 is 20.6 Å². The Morgan fingerprint density at radius 1 is 0.507 bits per heavy atom. The molecule has 7 aromatic carbocycles. The number of furan rings is 1. The standard InChI is InChI=1S/C69H73BN2O/c1-63(2,3)41-26-29-53(44(34-41)40-22-16-15-17-23-40)71-54-39-56-58(43-24-18-19-25-55(43)73-56)59-46-35-42(64(4,5)6)36-51-61(46)72(69(14)31-21-20-30-68(51,69)13)70(60(54)59)52-28-27-47-57(62(52)71)45-37-49-50(38-48(45)67(47,11)12)66(9,10)33-32-65(49,7)8/h15-19,22-29,34-39H,20-21,30-33H2,1-14H3. The summed E-state index contributed by atoms with van der Waals surface area (Å²) in [6, 6.07) is 45.8. The Labute approximate surface area is 435 Å². The lowest BCUT2D eigenvalue weighted by atomic mass is 9.41. The molecule has 14 rings (SSSR count). The molecular weight excluding hydrogens is 884 g/mol. The van der Waals surface area contributed by atoms with Crippen molar-refractivity contribution >= 4 is 62.5 Å². The van der Waals surface area contributed by atoms with Gasteiger partial charge >= 0.3 is 6.85 Å². The first-order valence-electron chi connectivity index (χ1n) is 27.8. The van der Waals surface area contributed by atoms with E-state index >= 15 is 0 Å². The number of nitrogens with zero attached hydrogens (tertiary/aromatic N) is 2. The highest BCUT2D eigenvalue weighted by atomic mass is 16.3. The largest absolute Gasteiger partial charge is 0.456 e. The van der Waals surface area contributed by atoms with Crippen molar-refractivity contribution in [1.82, 2.24) is 0 Å². The van der Waals surface area contributed by atoms with Crippen molar-refractivity contribution in [3.63, 3.8) is 0 Å². The summed E-state index contributed by atoms with van der Waals surface area (Å²) in [6.45, 7) is 34.6.